The average molecular weight is 437 g/mol. The van der Waals surface area contributed by atoms with Crippen molar-refractivity contribution >= 4 is 39.8 Å². The van der Waals surface area contributed by atoms with Crippen molar-refractivity contribution < 1.29 is 9.53 Å². The van der Waals surface area contributed by atoms with Crippen LogP contribution in [0.1, 0.15) is 12.6 Å². The maximum Gasteiger partial charge on any atom is 0.230 e. The van der Waals surface area contributed by atoms with Crippen LogP contribution in [0, 0.1) is 0 Å². The molecular weight excluding hydrogens is 416 g/mol. The summed E-state index contributed by atoms with van der Waals surface area (Å²) in [5.74, 6) is 1.38. The molecule has 0 saturated carbocycles. The third kappa shape index (κ3) is 4.39. The summed E-state index contributed by atoms with van der Waals surface area (Å²) in [5, 5.41) is 3.52. The van der Waals surface area contributed by atoms with Crippen LogP contribution in [0.25, 0.3) is 5.69 Å². The SMILES string of the molecule is COc1cccc(-n2ccnc2SCc2csc(N(C(C)=O)c3ccccc3)n2)c1. The lowest BCUT2D eigenvalue weighted by Gasteiger charge is -2.17. The summed E-state index contributed by atoms with van der Waals surface area (Å²) in [4.78, 5) is 23.0. The van der Waals surface area contributed by atoms with Gasteiger partial charge in [0.05, 0.1) is 24.2 Å². The second kappa shape index (κ2) is 9.15. The quantitative estimate of drug-likeness (QED) is 0.367. The minimum Gasteiger partial charge on any atom is -0.497 e. The van der Waals surface area contributed by atoms with Crippen LogP contribution in [-0.4, -0.2) is 27.6 Å². The molecule has 4 rings (SSSR count). The van der Waals surface area contributed by atoms with Gasteiger partial charge in [0.15, 0.2) is 10.3 Å². The van der Waals surface area contributed by atoms with Crippen LogP contribution in [0.2, 0.25) is 0 Å². The highest BCUT2D eigenvalue weighted by atomic mass is 32.2. The summed E-state index contributed by atoms with van der Waals surface area (Å²) in [6.45, 7) is 1.55. The summed E-state index contributed by atoms with van der Waals surface area (Å²) in [6.07, 6.45) is 3.71. The maximum atomic E-state index is 12.2. The number of thioether (sulfide) groups is 1. The van der Waals surface area contributed by atoms with Gasteiger partial charge in [-0.2, -0.15) is 0 Å². The molecule has 0 unspecified atom stereocenters. The molecule has 30 heavy (non-hydrogen) atoms. The molecule has 6 nitrogen and oxygen atoms in total. The van der Waals surface area contributed by atoms with Crippen LogP contribution < -0.4 is 9.64 Å². The van der Waals surface area contributed by atoms with Crippen molar-refractivity contribution in [2.24, 2.45) is 0 Å². The molecule has 0 fully saturated rings. The molecule has 0 bridgehead atoms. The van der Waals surface area contributed by atoms with Gasteiger partial charge in [-0.3, -0.25) is 14.3 Å². The Kier molecular flexibility index (Phi) is 6.15. The van der Waals surface area contributed by atoms with E-state index in [-0.39, 0.29) is 5.91 Å². The number of carbonyl (C=O) groups excluding carboxylic acids is 1. The zero-order valence-electron chi connectivity index (χ0n) is 16.6. The summed E-state index contributed by atoms with van der Waals surface area (Å²) in [7, 11) is 1.66. The Labute approximate surface area is 183 Å². The number of imidazole rings is 1. The summed E-state index contributed by atoms with van der Waals surface area (Å²) < 4.78 is 7.34. The molecule has 0 saturated heterocycles. The number of hydrogen-bond donors (Lipinski definition) is 0. The molecule has 2 aromatic carbocycles. The molecule has 152 valence electrons. The number of hydrogen-bond acceptors (Lipinski definition) is 6. The molecule has 8 heteroatoms. The van der Waals surface area contributed by atoms with Gasteiger partial charge in [-0.05, 0) is 24.3 Å². The van der Waals surface area contributed by atoms with Crippen LogP contribution in [-0.2, 0) is 10.5 Å². The summed E-state index contributed by atoms with van der Waals surface area (Å²) >= 11 is 3.06. The van der Waals surface area contributed by atoms with Crippen molar-refractivity contribution in [1.29, 1.82) is 0 Å². The van der Waals surface area contributed by atoms with Crippen LogP contribution in [0.4, 0.5) is 10.8 Å². The highest BCUT2D eigenvalue weighted by Gasteiger charge is 2.18. The van der Waals surface area contributed by atoms with Gasteiger partial charge in [0, 0.05) is 36.5 Å². The number of benzene rings is 2. The zero-order chi connectivity index (χ0) is 20.9. The molecule has 0 atom stereocenters. The fourth-order valence-corrected chi connectivity index (χ4v) is 4.82. The Hall–Kier alpha value is -3.10. The first kappa shape index (κ1) is 20.2. The topological polar surface area (TPSA) is 60.2 Å². The minimum absolute atomic E-state index is 0.0664. The number of ether oxygens (including phenoxy) is 1. The Balaban J connectivity index is 1.51. The summed E-state index contributed by atoms with van der Waals surface area (Å²) in [6, 6.07) is 17.4. The van der Waals surface area contributed by atoms with E-state index in [0.717, 1.165) is 28.0 Å². The van der Waals surface area contributed by atoms with E-state index < -0.39 is 0 Å². The Morgan fingerprint density at radius 2 is 2.03 bits per heavy atom. The fourth-order valence-electron chi connectivity index (χ4n) is 2.96. The second-order valence-electron chi connectivity index (χ2n) is 6.38. The number of thiazole rings is 1. The van der Waals surface area contributed by atoms with Crippen molar-refractivity contribution in [3.63, 3.8) is 0 Å². The lowest BCUT2D eigenvalue weighted by atomic mass is 10.3. The van der Waals surface area contributed by atoms with E-state index in [0.29, 0.717) is 10.9 Å². The number of nitrogens with zero attached hydrogens (tertiary/aromatic N) is 4. The van der Waals surface area contributed by atoms with Gasteiger partial charge >= 0.3 is 0 Å². The highest BCUT2D eigenvalue weighted by Crippen LogP contribution is 2.31. The molecule has 0 N–H and O–H groups in total. The van der Waals surface area contributed by atoms with E-state index in [4.69, 9.17) is 4.74 Å². The van der Waals surface area contributed by atoms with Crippen LogP contribution >= 0.6 is 23.1 Å². The Morgan fingerprint density at radius 1 is 1.20 bits per heavy atom. The zero-order valence-corrected chi connectivity index (χ0v) is 18.2. The van der Waals surface area contributed by atoms with Crippen molar-refractivity contribution in [2.75, 3.05) is 12.0 Å². The number of aromatic nitrogens is 3. The van der Waals surface area contributed by atoms with E-state index in [1.165, 1.54) is 11.3 Å². The first-order chi connectivity index (χ1) is 14.7. The van der Waals surface area contributed by atoms with E-state index >= 15 is 0 Å². The van der Waals surface area contributed by atoms with Gasteiger partial charge in [0.25, 0.3) is 0 Å². The minimum atomic E-state index is -0.0664. The Morgan fingerprint density at radius 3 is 2.80 bits per heavy atom. The first-order valence-corrected chi connectivity index (χ1v) is 11.1. The van der Waals surface area contributed by atoms with Crippen molar-refractivity contribution in [3.05, 3.63) is 78.1 Å². The monoisotopic (exact) mass is 436 g/mol. The van der Waals surface area contributed by atoms with Crippen molar-refractivity contribution in [1.82, 2.24) is 14.5 Å². The molecule has 2 heterocycles. The largest absolute Gasteiger partial charge is 0.497 e. The smallest absolute Gasteiger partial charge is 0.230 e. The van der Waals surface area contributed by atoms with E-state index in [1.807, 2.05) is 70.7 Å². The van der Waals surface area contributed by atoms with Gasteiger partial charge < -0.3 is 4.74 Å². The van der Waals surface area contributed by atoms with Gasteiger partial charge in [-0.1, -0.05) is 36.0 Å². The second-order valence-corrected chi connectivity index (χ2v) is 8.16. The van der Waals surface area contributed by atoms with E-state index in [2.05, 4.69) is 9.97 Å². The molecule has 4 aromatic rings. The van der Waals surface area contributed by atoms with E-state index in [1.54, 1.807) is 36.9 Å². The standard InChI is InChI=1S/C22H20N4O2S2/c1-16(27)26(18-7-4-3-5-8-18)22-24-17(15-30-22)14-29-21-23-11-12-25(21)19-9-6-10-20(13-19)28-2/h3-13,15H,14H2,1-2H3. The number of rotatable bonds is 7. The predicted molar refractivity (Wildman–Crippen MR) is 121 cm³/mol. The van der Waals surface area contributed by atoms with Gasteiger partial charge in [-0.25, -0.2) is 9.97 Å². The van der Waals surface area contributed by atoms with Gasteiger partial charge in [0.2, 0.25) is 5.91 Å². The molecular formula is C22H20N4O2S2. The number of methoxy groups -OCH3 is 1. The fraction of sp³-hybridized carbons (Fsp3) is 0.136. The molecule has 0 aliphatic heterocycles. The molecule has 0 aliphatic rings. The van der Waals surface area contributed by atoms with E-state index in [9.17, 15) is 4.79 Å². The van der Waals surface area contributed by atoms with Crippen molar-refractivity contribution in [2.45, 2.75) is 17.8 Å². The molecule has 0 spiro atoms. The molecule has 2 aromatic heterocycles. The molecule has 0 aliphatic carbocycles. The Bertz CT molecular complexity index is 1140. The number of anilines is 2. The van der Waals surface area contributed by atoms with Crippen LogP contribution in [0.5, 0.6) is 5.75 Å². The van der Waals surface area contributed by atoms with Crippen LogP contribution in [0.15, 0.2) is 77.5 Å². The maximum absolute atomic E-state index is 12.2. The first-order valence-electron chi connectivity index (χ1n) is 9.26. The average Bonchev–Trinajstić information content (AvgIpc) is 3.42. The lowest BCUT2D eigenvalue weighted by molar-refractivity contribution is -0.115. The summed E-state index contributed by atoms with van der Waals surface area (Å²) in [5.41, 5.74) is 2.70. The lowest BCUT2D eigenvalue weighted by Crippen LogP contribution is -2.22. The normalized spacial score (nSPS) is 10.7. The predicted octanol–water partition coefficient (Wildman–Crippen LogP) is 5.31. The highest BCUT2D eigenvalue weighted by molar-refractivity contribution is 7.98. The van der Waals surface area contributed by atoms with Crippen LogP contribution in [0.3, 0.4) is 0 Å². The molecule has 0 radical (unpaired) electrons. The molecule has 1 amide bonds. The third-order valence-corrected chi connectivity index (χ3v) is 6.22. The van der Waals surface area contributed by atoms with Gasteiger partial charge in [-0.15, -0.1) is 11.3 Å². The van der Waals surface area contributed by atoms with Gasteiger partial charge in [0.1, 0.15) is 5.75 Å². The number of carbonyl (C=O) groups is 1. The number of para-hydroxylation sites is 1. The van der Waals surface area contributed by atoms with Crippen molar-refractivity contribution in [3.8, 4) is 11.4 Å². The number of amides is 1. The third-order valence-electron chi connectivity index (χ3n) is 4.35.